The smallest absolute Gasteiger partial charge is 0.360 e. The van der Waals surface area contributed by atoms with Gasteiger partial charge in [0, 0.05) is 0 Å². The van der Waals surface area contributed by atoms with Crippen LogP contribution in [-0.4, -0.2) is 45.5 Å². The fraction of sp³-hybridized carbons (Fsp3) is 0.290. The predicted octanol–water partition coefficient (Wildman–Crippen LogP) is 6.11. The van der Waals surface area contributed by atoms with Crippen molar-refractivity contribution in [2.45, 2.75) is 43.4 Å². The molecule has 4 aromatic rings. The van der Waals surface area contributed by atoms with Crippen molar-refractivity contribution in [2.24, 2.45) is 0 Å². The normalized spacial score (nSPS) is 13.7. The standard InChI is InChI=1S/C31H33N3O6S/c1-20-16-18-22(19-17-20)41(36,37)33-28-29(31(35)40-4)32-34(24-13-8-7-12-23(24)21-10-5-6-11-21)30(28)27-25(38-2)14-9-15-26(27)39-3/h7-9,12-19,21,33H,5-6,10-11H2,1-4H3. The number of nitrogens with one attached hydrogen (secondary N) is 1. The summed E-state index contributed by atoms with van der Waals surface area (Å²) in [5.41, 5.74) is 3.20. The Morgan fingerprint density at radius 2 is 1.54 bits per heavy atom. The molecule has 1 heterocycles. The van der Waals surface area contributed by atoms with Crippen molar-refractivity contribution in [2.75, 3.05) is 26.1 Å². The first-order chi connectivity index (χ1) is 19.8. The van der Waals surface area contributed by atoms with Crippen LogP contribution in [0.5, 0.6) is 11.5 Å². The van der Waals surface area contributed by atoms with Crippen LogP contribution in [0, 0.1) is 6.92 Å². The van der Waals surface area contributed by atoms with Gasteiger partial charge in [0.15, 0.2) is 5.69 Å². The van der Waals surface area contributed by atoms with E-state index in [1.165, 1.54) is 33.5 Å². The van der Waals surface area contributed by atoms with E-state index in [2.05, 4.69) is 10.8 Å². The molecule has 3 aromatic carbocycles. The fourth-order valence-corrected chi connectivity index (χ4v) is 6.49. The van der Waals surface area contributed by atoms with Gasteiger partial charge in [0.2, 0.25) is 0 Å². The highest BCUT2D eigenvalue weighted by atomic mass is 32.2. The van der Waals surface area contributed by atoms with Gasteiger partial charge in [-0.25, -0.2) is 17.9 Å². The number of methoxy groups -OCH3 is 3. The summed E-state index contributed by atoms with van der Waals surface area (Å²) in [4.78, 5) is 13.2. The number of aromatic nitrogens is 2. The number of aryl methyl sites for hydroxylation is 1. The number of carbonyl (C=O) groups is 1. The summed E-state index contributed by atoms with van der Waals surface area (Å²) in [5.74, 6) is 0.336. The number of carbonyl (C=O) groups excluding carboxylic acids is 1. The van der Waals surface area contributed by atoms with Crippen LogP contribution >= 0.6 is 0 Å². The van der Waals surface area contributed by atoms with Gasteiger partial charge in [0.05, 0.1) is 37.5 Å². The van der Waals surface area contributed by atoms with Gasteiger partial charge in [-0.05, 0) is 61.6 Å². The minimum Gasteiger partial charge on any atom is -0.496 e. The van der Waals surface area contributed by atoms with E-state index in [0.29, 0.717) is 28.7 Å². The molecule has 0 radical (unpaired) electrons. The van der Waals surface area contributed by atoms with Gasteiger partial charge in [-0.2, -0.15) is 5.10 Å². The van der Waals surface area contributed by atoms with Crippen LogP contribution in [0.15, 0.2) is 71.6 Å². The van der Waals surface area contributed by atoms with Crippen molar-refractivity contribution in [3.8, 4) is 28.4 Å². The van der Waals surface area contributed by atoms with E-state index in [-0.39, 0.29) is 16.3 Å². The Morgan fingerprint density at radius 3 is 2.15 bits per heavy atom. The van der Waals surface area contributed by atoms with Gasteiger partial charge >= 0.3 is 5.97 Å². The zero-order valence-electron chi connectivity index (χ0n) is 23.5. The molecule has 214 valence electrons. The maximum absolute atomic E-state index is 13.7. The van der Waals surface area contributed by atoms with Crippen LogP contribution in [0.1, 0.15) is 53.2 Å². The third-order valence-corrected chi connectivity index (χ3v) is 8.82. The summed E-state index contributed by atoms with van der Waals surface area (Å²) in [6, 6.07) is 19.6. The Labute approximate surface area is 240 Å². The summed E-state index contributed by atoms with van der Waals surface area (Å²) < 4.78 is 48.3. The highest BCUT2D eigenvalue weighted by Crippen LogP contribution is 2.46. The third kappa shape index (κ3) is 5.39. The molecule has 1 saturated carbocycles. The van der Waals surface area contributed by atoms with Crippen molar-refractivity contribution in [1.29, 1.82) is 0 Å². The number of esters is 1. The first-order valence-electron chi connectivity index (χ1n) is 13.4. The van der Waals surface area contributed by atoms with E-state index in [9.17, 15) is 13.2 Å². The maximum Gasteiger partial charge on any atom is 0.360 e. The second-order valence-electron chi connectivity index (χ2n) is 9.97. The van der Waals surface area contributed by atoms with E-state index in [0.717, 1.165) is 42.5 Å². The molecule has 0 aliphatic heterocycles. The largest absolute Gasteiger partial charge is 0.496 e. The summed E-state index contributed by atoms with van der Waals surface area (Å²) in [6.45, 7) is 1.87. The number of hydrogen-bond donors (Lipinski definition) is 1. The van der Waals surface area contributed by atoms with E-state index in [1.807, 2.05) is 25.1 Å². The van der Waals surface area contributed by atoms with Crippen molar-refractivity contribution in [1.82, 2.24) is 9.78 Å². The minimum absolute atomic E-state index is 0.0379. The Bertz CT molecular complexity index is 1650. The maximum atomic E-state index is 13.7. The highest BCUT2D eigenvalue weighted by molar-refractivity contribution is 7.92. The number of ether oxygens (including phenoxy) is 3. The summed E-state index contributed by atoms with van der Waals surface area (Å²) >= 11 is 0. The SMILES string of the molecule is COC(=O)c1nn(-c2ccccc2C2CCCC2)c(-c2c(OC)cccc2OC)c1NS(=O)(=O)c1ccc(C)cc1. The first kappa shape index (κ1) is 28.2. The van der Waals surface area contributed by atoms with Crippen molar-refractivity contribution in [3.63, 3.8) is 0 Å². The van der Waals surface area contributed by atoms with Crippen LogP contribution in [-0.2, 0) is 14.8 Å². The van der Waals surface area contributed by atoms with Gasteiger partial charge in [-0.15, -0.1) is 0 Å². The molecule has 1 fully saturated rings. The van der Waals surface area contributed by atoms with E-state index < -0.39 is 16.0 Å². The number of anilines is 1. The van der Waals surface area contributed by atoms with Crippen LogP contribution in [0.2, 0.25) is 0 Å². The topological polar surface area (TPSA) is 109 Å². The zero-order valence-corrected chi connectivity index (χ0v) is 24.3. The molecule has 41 heavy (non-hydrogen) atoms. The molecule has 1 aliphatic rings. The molecular formula is C31H33N3O6S. The molecule has 10 heteroatoms. The van der Waals surface area contributed by atoms with E-state index in [1.54, 1.807) is 35.0 Å². The molecule has 0 amide bonds. The quantitative estimate of drug-likeness (QED) is 0.240. The van der Waals surface area contributed by atoms with E-state index >= 15 is 0 Å². The van der Waals surface area contributed by atoms with Gasteiger partial charge in [-0.1, -0.05) is 54.8 Å². The number of rotatable bonds is 9. The third-order valence-electron chi connectivity index (χ3n) is 7.46. The van der Waals surface area contributed by atoms with Crippen molar-refractivity contribution >= 4 is 21.7 Å². The van der Waals surface area contributed by atoms with Crippen LogP contribution in [0.3, 0.4) is 0 Å². The van der Waals surface area contributed by atoms with Crippen molar-refractivity contribution < 1.29 is 27.4 Å². The number of para-hydroxylation sites is 1. The van der Waals surface area contributed by atoms with Gasteiger partial charge in [0.1, 0.15) is 22.9 Å². The predicted molar refractivity (Wildman–Crippen MR) is 157 cm³/mol. The number of hydrogen-bond acceptors (Lipinski definition) is 7. The number of sulfonamides is 1. The molecule has 0 atom stereocenters. The second kappa shape index (κ2) is 11.7. The molecule has 9 nitrogen and oxygen atoms in total. The Kier molecular flexibility index (Phi) is 8.03. The van der Waals surface area contributed by atoms with Crippen molar-refractivity contribution in [3.05, 3.63) is 83.6 Å². The van der Waals surface area contributed by atoms with Crippen LogP contribution in [0.4, 0.5) is 5.69 Å². The summed E-state index contributed by atoms with van der Waals surface area (Å²) in [7, 11) is 0.114. The number of benzene rings is 3. The molecular weight excluding hydrogens is 542 g/mol. The van der Waals surface area contributed by atoms with E-state index in [4.69, 9.17) is 19.3 Å². The monoisotopic (exact) mass is 575 g/mol. The first-order valence-corrected chi connectivity index (χ1v) is 14.9. The molecule has 0 unspecified atom stereocenters. The second-order valence-corrected chi connectivity index (χ2v) is 11.7. The van der Waals surface area contributed by atoms with Gasteiger partial charge in [-0.3, -0.25) is 4.72 Å². The fourth-order valence-electron chi connectivity index (χ4n) is 5.42. The molecule has 1 aromatic heterocycles. The Hall–Kier alpha value is -4.31. The molecule has 1 N–H and O–H groups in total. The number of nitrogens with zero attached hydrogens (tertiary/aromatic N) is 2. The average Bonchev–Trinajstić information content (AvgIpc) is 3.65. The lowest BCUT2D eigenvalue weighted by molar-refractivity contribution is 0.0594. The minimum atomic E-state index is -4.15. The average molecular weight is 576 g/mol. The molecule has 0 saturated heterocycles. The summed E-state index contributed by atoms with van der Waals surface area (Å²) in [5, 5.41) is 4.71. The lowest BCUT2D eigenvalue weighted by atomic mass is 9.95. The molecule has 0 spiro atoms. The van der Waals surface area contributed by atoms with Gasteiger partial charge < -0.3 is 14.2 Å². The van der Waals surface area contributed by atoms with Crippen LogP contribution in [0.25, 0.3) is 16.9 Å². The summed E-state index contributed by atoms with van der Waals surface area (Å²) in [6.07, 6.45) is 4.31. The lowest BCUT2D eigenvalue weighted by Gasteiger charge is -2.20. The zero-order chi connectivity index (χ0) is 29.1. The molecule has 0 bridgehead atoms. The highest BCUT2D eigenvalue weighted by Gasteiger charge is 2.33. The van der Waals surface area contributed by atoms with Crippen LogP contribution < -0.4 is 14.2 Å². The molecule has 1 aliphatic carbocycles. The lowest BCUT2D eigenvalue weighted by Crippen LogP contribution is -2.16. The molecule has 5 rings (SSSR count). The Balaban J connectivity index is 1.85. The Morgan fingerprint density at radius 1 is 0.902 bits per heavy atom. The van der Waals surface area contributed by atoms with Gasteiger partial charge in [0.25, 0.3) is 10.0 Å².